The Morgan fingerprint density at radius 2 is 1.86 bits per heavy atom. The SMILES string of the molecule is CCCC1CC(=O)OC(=O)C1CCC. The van der Waals surface area contributed by atoms with Gasteiger partial charge >= 0.3 is 11.9 Å². The Hall–Kier alpha value is -0.860. The van der Waals surface area contributed by atoms with E-state index in [1.165, 1.54) is 0 Å². The molecule has 0 N–H and O–H groups in total. The van der Waals surface area contributed by atoms with Crippen molar-refractivity contribution in [1.29, 1.82) is 0 Å². The van der Waals surface area contributed by atoms with Crippen molar-refractivity contribution in [2.24, 2.45) is 11.8 Å². The molecule has 0 aromatic rings. The topological polar surface area (TPSA) is 43.4 Å². The highest BCUT2D eigenvalue weighted by Crippen LogP contribution is 2.30. The third kappa shape index (κ3) is 2.56. The summed E-state index contributed by atoms with van der Waals surface area (Å²) in [7, 11) is 0. The fourth-order valence-electron chi connectivity index (χ4n) is 2.12. The van der Waals surface area contributed by atoms with Crippen molar-refractivity contribution in [2.45, 2.75) is 46.0 Å². The predicted octanol–water partition coefficient (Wildman–Crippen LogP) is 2.29. The van der Waals surface area contributed by atoms with Gasteiger partial charge in [0.1, 0.15) is 0 Å². The molecule has 3 nitrogen and oxygen atoms in total. The summed E-state index contributed by atoms with van der Waals surface area (Å²) in [5.41, 5.74) is 0. The van der Waals surface area contributed by atoms with Crippen molar-refractivity contribution in [3.8, 4) is 0 Å². The van der Waals surface area contributed by atoms with E-state index in [9.17, 15) is 9.59 Å². The second-order valence-corrected chi connectivity index (χ2v) is 3.94. The molecule has 0 spiro atoms. The highest BCUT2D eigenvalue weighted by Gasteiger charge is 2.36. The van der Waals surface area contributed by atoms with Gasteiger partial charge in [0.2, 0.25) is 0 Å². The lowest BCUT2D eigenvalue weighted by atomic mass is 9.81. The van der Waals surface area contributed by atoms with Crippen LogP contribution in [0.2, 0.25) is 0 Å². The minimum absolute atomic E-state index is 0.0438. The first-order valence-corrected chi connectivity index (χ1v) is 5.43. The van der Waals surface area contributed by atoms with Crippen LogP contribution < -0.4 is 0 Å². The van der Waals surface area contributed by atoms with E-state index in [4.69, 9.17) is 0 Å². The second-order valence-electron chi connectivity index (χ2n) is 3.94. The molecule has 3 heteroatoms. The van der Waals surface area contributed by atoms with Crippen LogP contribution in [0.25, 0.3) is 0 Å². The van der Waals surface area contributed by atoms with E-state index in [2.05, 4.69) is 11.7 Å². The molecule has 2 atom stereocenters. The molecule has 0 saturated carbocycles. The number of rotatable bonds is 4. The Kier molecular flexibility index (Phi) is 4.11. The van der Waals surface area contributed by atoms with Crippen LogP contribution in [0.15, 0.2) is 0 Å². The van der Waals surface area contributed by atoms with Crippen LogP contribution in [0.4, 0.5) is 0 Å². The normalized spacial score (nSPS) is 27.6. The van der Waals surface area contributed by atoms with Crippen LogP contribution >= 0.6 is 0 Å². The molecule has 1 aliphatic rings. The standard InChI is InChI=1S/C11H18O3/c1-3-5-8-7-10(12)14-11(13)9(8)6-4-2/h8-9H,3-7H2,1-2H3. The van der Waals surface area contributed by atoms with Crippen LogP contribution in [0.5, 0.6) is 0 Å². The Morgan fingerprint density at radius 1 is 1.21 bits per heavy atom. The van der Waals surface area contributed by atoms with Gasteiger partial charge in [-0.25, -0.2) is 0 Å². The Labute approximate surface area is 84.8 Å². The van der Waals surface area contributed by atoms with Crippen molar-refractivity contribution >= 4 is 11.9 Å². The fourth-order valence-corrected chi connectivity index (χ4v) is 2.12. The van der Waals surface area contributed by atoms with Gasteiger partial charge in [0.25, 0.3) is 0 Å². The molecule has 0 bridgehead atoms. The number of hydrogen-bond acceptors (Lipinski definition) is 3. The van der Waals surface area contributed by atoms with Gasteiger partial charge in [0.15, 0.2) is 0 Å². The molecule has 1 fully saturated rings. The molecule has 1 saturated heterocycles. The lowest BCUT2D eigenvalue weighted by molar-refractivity contribution is -0.171. The molecule has 0 aromatic carbocycles. The van der Waals surface area contributed by atoms with E-state index in [0.717, 1.165) is 25.7 Å². The molecule has 1 aliphatic heterocycles. The Morgan fingerprint density at radius 3 is 2.43 bits per heavy atom. The first-order chi connectivity index (χ1) is 6.69. The zero-order valence-electron chi connectivity index (χ0n) is 8.91. The van der Waals surface area contributed by atoms with Gasteiger partial charge in [-0.3, -0.25) is 9.59 Å². The monoisotopic (exact) mass is 198 g/mol. The fraction of sp³-hybridized carbons (Fsp3) is 0.818. The smallest absolute Gasteiger partial charge is 0.316 e. The summed E-state index contributed by atoms with van der Waals surface area (Å²) in [5, 5.41) is 0. The lowest BCUT2D eigenvalue weighted by Gasteiger charge is -2.28. The molecule has 0 radical (unpaired) electrons. The number of carbonyl (C=O) groups excluding carboxylic acids is 2. The number of carbonyl (C=O) groups is 2. The van der Waals surface area contributed by atoms with Crippen molar-refractivity contribution in [3.05, 3.63) is 0 Å². The molecule has 0 aromatic heterocycles. The average molecular weight is 198 g/mol. The molecule has 14 heavy (non-hydrogen) atoms. The quantitative estimate of drug-likeness (QED) is 0.514. The summed E-state index contributed by atoms with van der Waals surface area (Å²) in [4.78, 5) is 22.5. The van der Waals surface area contributed by atoms with Crippen molar-refractivity contribution in [2.75, 3.05) is 0 Å². The summed E-state index contributed by atoms with van der Waals surface area (Å²) >= 11 is 0. The van der Waals surface area contributed by atoms with Gasteiger partial charge in [-0.05, 0) is 18.8 Å². The first-order valence-electron chi connectivity index (χ1n) is 5.43. The van der Waals surface area contributed by atoms with Gasteiger partial charge in [-0.1, -0.05) is 26.7 Å². The third-order valence-electron chi connectivity index (χ3n) is 2.77. The molecule has 80 valence electrons. The van der Waals surface area contributed by atoms with Crippen LogP contribution in [0.1, 0.15) is 46.0 Å². The van der Waals surface area contributed by atoms with Gasteiger partial charge in [-0.15, -0.1) is 0 Å². The maximum absolute atomic E-state index is 11.4. The summed E-state index contributed by atoms with van der Waals surface area (Å²) in [5.74, 6) is -0.478. The van der Waals surface area contributed by atoms with Crippen LogP contribution in [0, 0.1) is 11.8 Å². The van der Waals surface area contributed by atoms with E-state index in [0.29, 0.717) is 6.42 Å². The average Bonchev–Trinajstić information content (AvgIpc) is 2.11. The number of hydrogen-bond donors (Lipinski definition) is 0. The van der Waals surface area contributed by atoms with E-state index in [-0.39, 0.29) is 23.8 Å². The Balaban J connectivity index is 2.64. The highest BCUT2D eigenvalue weighted by molar-refractivity contribution is 5.89. The van der Waals surface area contributed by atoms with Crippen molar-refractivity contribution in [3.63, 3.8) is 0 Å². The molecule has 0 amide bonds. The number of cyclic esters (lactones) is 2. The summed E-state index contributed by atoms with van der Waals surface area (Å²) in [6.07, 6.45) is 4.20. The molecule has 1 rings (SSSR count). The maximum Gasteiger partial charge on any atom is 0.316 e. The minimum atomic E-state index is -0.346. The first kappa shape index (κ1) is 11.2. The van der Waals surface area contributed by atoms with Crippen LogP contribution in [-0.2, 0) is 14.3 Å². The third-order valence-corrected chi connectivity index (χ3v) is 2.77. The molecule has 1 heterocycles. The molecule has 2 unspecified atom stereocenters. The largest absolute Gasteiger partial charge is 0.393 e. The van der Waals surface area contributed by atoms with Gasteiger partial charge in [0, 0.05) is 6.42 Å². The summed E-state index contributed by atoms with van der Waals surface area (Å²) in [6, 6.07) is 0. The van der Waals surface area contributed by atoms with E-state index < -0.39 is 0 Å². The summed E-state index contributed by atoms with van der Waals surface area (Å²) < 4.78 is 4.65. The van der Waals surface area contributed by atoms with Crippen LogP contribution in [-0.4, -0.2) is 11.9 Å². The zero-order valence-corrected chi connectivity index (χ0v) is 8.91. The zero-order chi connectivity index (χ0) is 10.6. The van der Waals surface area contributed by atoms with Gasteiger partial charge < -0.3 is 4.74 Å². The van der Waals surface area contributed by atoms with E-state index in [1.807, 2.05) is 6.92 Å². The molecular formula is C11H18O3. The molecule has 0 aliphatic carbocycles. The van der Waals surface area contributed by atoms with Gasteiger partial charge in [-0.2, -0.15) is 0 Å². The van der Waals surface area contributed by atoms with E-state index in [1.54, 1.807) is 0 Å². The molecular weight excluding hydrogens is 180 g/mol. The highest BCUT2D eigenvalue weighted by atomic mass is 16.6. The minimum Gasteiger partial charge on any atom is -0.393 e. The Bertz CT molecular complexity index is 223. The van der Waals surface area contributed by atoms with Crippen LogP contribution in [0.3, 0.4) is 0 Å². The lowest BCUT2D eigenvalue weighted by Crippen LogP contribution is -2.35. The van der Waals surface area contributed by atoms with E-state index >= 15 is 0 Å². The van der Waals surface area contributed by atoms with Crippen molar-refractivity contribution < 1.29 is 14.3 Å². The summed E-state index contributed by atoms with van der Waals surface area (Å²) in [6.45, 7) is 4.13. The second kappa shape index (κ2) is 5.13. The van der Waals surface area contributed by atoms with Crippen molar-refractivity contribution in [1.82, 2.24) is 0 Å². The number of esters is 2. The predicted molar refractivity (Wildman–Crippen MR) is 52.5 cm³/mol. The van der Waals surface area contributed by atoms with Gasteiger partial charge in [0.05, 0.1) is 5.92 Å². The maximum atomic E-state index is 11.4. The number of ether oxygens (including phenoxy) is 1.